The summed E-state index contributed by atoms with van der Waals surface area (Å²) in [7, 11) is 0. The van der Waals surface area contributed by atoms with Crippen LogP contribution in [-0.2, 0) is 11.2 Å². The molecule has 1 atom stereocenters. The Labute approximate surface area is 141 Å². The number of carboxylic acids is 1. The summed E-state index contributed by atoms with van der Waals surface area (Å²) in [4.78, 5) is 24.2. The third-order valence-electron chi connectivity index (χ3n) is 3.58. The second kappa shape index (κ2) is 6.80. The zero-order chi connectivity index (χ0) is 17.1. The van der Waals surface area contributed by atoms with Crippen molar-refractivity contribution in [3.63, 3.8) is 0 Å². The largest absolute Gasteiger partial charge is 0.480 e. The highest BCUT2D eigenvalue weighted by atomic mass is 32.1. The van der Waals surface area contributed by atoms with Crippen molar-refractivity contribution >= 4 is 33.3 Å². The van der Waals surface area contributed by atoms with Gasteiger partial charge in [-0.1, -0.05) is 30.3 Å². The summed E-state index contributed by atoms with van der Waals surface area (Å²) < 4.78 is 14.2. The molecule has 0 unspecified atom stereocenters. The van der Waals surface area contributed by atoms with Crippen molar-refractivity contribution < 1.29 is 19.1 Å². The molecule has 0 saturated heterocycles. The van der Waals surface area contributed by atoms with E-state index in [0.29, 0.717) is 10.4 Å². The standard InChI is InChI=1S/C18H14FNO3S/c19-13-6-3-4-11(8-13)9-14(18(22)23)20-17(21)16-10-12-5-1-2-7-15(12)24-16/h1-8,10,14H,9H2,(H,20,21)(H,22,23)/t14-/m1/s1. The molecule has 122 valence electrons. The normalized spacial score (nSPS) is 12.0. The van der Waals surface area contributed by atoms with E-state index in [1.807, 2.05) is 24.3 Å². The number of thiophene rings is 1. The van der Waals surface area contributed by atoms with E-state index in [-0.39, 0.29) is 6.42 Å². The molecule has 0 bridgehead atoms. The number of fused-ring (bicyclic) bond motifs is 1. The van der Waals surface area contributed by atoms with Gasteiger partial charge < -0.3 is 10.4 Å². The fraction of sp³-hybridized carbons (Fsp3) is 0.111. The molecule has 0 aliphatic heterocycles. The minimum Gasteiger partial charge on any atom is -0.480 e. The van der Waals surface area contributed by atoms with Gasteiger partial charge in [0.15, 0.2) is 0 Å². The van der Waals surface area contributed by atoms with Crippen LogP contribution < -0.4 is 5.32 Å². The Hall–Kier alpha value is -2.73. The molecule has 2 N–H and O–H groups in total. The van der Waals surface area contributed by atoms with Crippen molar-refractivity contribution in [2.75, 3.05) is 0 Å². The van der Waals surface area contributed by atoms with Crippen LogP contribution in [-0.4, -0.2) is 23.0 Å². The Balaban J connectivity index is 1.77. The van der Waals surface area contributed by atoms with Crippen molar-refractivity contribution in [2.45, 2.75) is 12.5 Å². The molecular formula is C18H14FNO3S. The first-order valence-electron chi connectivity index (χ1n) is 7.29. The molecule has 0 aliphatic carbocycles. The van der Waals surface area contributed by atoms with Gasteiger partial charge in [0.05, 0.1) is 4.88 Å². The number of halogens is 1. The molecule has 0 spiro atoms. The molecule has 3 rings (SSSR count). The van der Waals surface area contributed by atoms with Crippen LogP contribution in [0.4, 0.5) is 4.39 Å². The average Bonchev–Trinajstić information content (AvgIpc) is 2.98. The van der Waals surface area contributed by atoms with E-state index in [1.165, 1.54) is 29.5 Å². The number of aliphatic carboxylic acids is 1. The Kier molecular flexibility index (Phi) is 4.57. The van der Waals surface area contributed by atoms with Gasteiger partial charge in [-0.3, -0.25) is 4.79 Å². The fourth-order valence-electron chi connectivity index (χ4n) is 2.42. The van der Waals surface area contributed by atoms with E-state index in [1.54, 1.807) is 12.1 Å². The molecule has 3 aromatic rings. The molecule has 1 amide bonds. The van der Waals surface area contributed by atoms with Crippen LogP contribution in [0.15, 0.2) is 54.6 Å². The molecule has 6 heteroatoms. The van der Waals surface area contributed by atoms with Crippen LogP contribution in [0.5, 0.6) is 0 Å². The summed E-state index contributed by atoms with van der Waals surface area (Å²) in [5.74, 6) is -2.04. The van der Waals surface area contributed by atoms with Gasteiger partial charge in [-0.05, 0) is 35.2 Å². The van der Waals surface area contributed by atoms with Gasteiger partial charge >= 0.3 is 5.97 Å². The van der Waals surface area contributed by atoms with Gasteiger partial charge in [-0.15, -0.1) is 11.3 Å². The summed E-state index contributed by atoms with van der Waals surface area (Å²) in [5, 5.41) is 12.8. The molecule has 2 aromatic carbocycles. The summed E-state index contributed by atoms with van der Waals surface area (Å²) >= 11 is 1.30. The summed E-state index contributed by atoms with van der Waals surface area (Å²) in [5.41, 5.74) is 0.513. The highest BCUT2D eigenvalue weighted by Crippen LogP contribution is 2.25. The number of carbonyl (C=O) groups excluding carboxylic acids is 1. The molecule has 0 radical (unpaired) electrons. The average molecular weight is 343 g/mol. The maximum atomic E-state index is 13.2. The molecule has 4 nitrogen and oxygen atoms in total. The topological polar surface area (TPSA) is 66.4 Å². The zero-order valence-corrected chi connectivity index (χ0v) is 13.3. The van der Waals surface area contributed by atoms with Crippen molar-refractivity contribution in [1.82, 2.24) is 5.32 Å². The maximum absolute atomic E-state index is 13.2. The van der Waals surface area contributed by atoms with Crippen LogP contribution in [0, 0.1) is 5.82 Å². The summed E-state index contributed by atoms with van der Waals surface area (Å²) in [6, 6.07) is 13.9. The fourth-order valence-corrected chi connectivity index (χ4v) is 3.39. The predicted octanol–water partition coefficient (Wildman–Crippen LogP) is 3.47. The quantitative estimate of drug-likeness (QED) is 0.745. The van der Waals surface area contributed by atoms with E-state index in [2.05, 4.69) is 5.32 Å². The van der Waals surface area contributed by atoms with Gasteiger partial charge in [0.1, 0.15) is 11.9 Å². The van der Waals surface area contributed by atoms with Crippen LogP contribution in [0.1, 0.15) is 15.2 Å². The van der Waals surface area contributed by atoms with E-state index < -0.39 is 23.7 Å². The van der Waals surface area contributed by atoms with Gasteiger partial charge in [0.2, 0.25) is 0 Å². The van der Waals surface area contributed by atoms with E-state index in [9.17, 15) is 19.1 Å². The van der Waals surface area contributed by atoms with Crippen molar-refractivity contribution in [3.8, 4) is 0 Å². The Bertz CT molecular complexity index is 873. The summed E-state index contributed by atoms with van der Waals surface area (Å²) in [6.07, 6.45) is 0.0176. The number of hydrogen-bond donors (Lipinski definition) is 2. The van der Waals surface area contributed by atoms with Crippen molar-refractivity contribution in [3.05, 3.63) is 70.9 Å². The zero-order valence-electron chi connectivity index (χ0n) is 12.5. The third kappa shape index (κ3) is 3.60. The van der Waals surface area contributed by atoms with Crippen LogP contribution in [0.3, 0.4) is 0 Å². The molecule has 0 aliphatic rings. The van der Waals surface area contributed by atoms with Crippen LogP contribution in [0.2, 0.25) is 0 Å². The second-order valence-corrected chi connectivity index (χ2v) is 6.43. The Morgan fingerprint density at radius 3 is 2.62 bits per heavy atom. The van der Waals surface area contributed by atoms with E-state index >= 15 is 0 Å². The van der Waals surface area contributed by atoms with Gasteiger partial charge in [0.25, 0.3) is 5.91 Å². The third-order valence-corrected chi connectivity index (χ3v) is 4.70. The van der Waals surface area contributed by atoms with Crippen molar-refractivity contribution in [1.29, 1.82) is 0 Å². The minimum atomic E-state index is -1.16. The molecule has 0 saturated carbocycles. The second-order valence-electron chi connectivity index (χ2n) is 5.35. The maximum Gasteiger partial charge on any atom is 0.326 e. The number of nitrogens with one attached hydrogen (secondary N) is 1. The number of carbonyl (C=O) groups is 2. The lowest BCUT2D eigenvalue weighted by Gasteiger charge is -2.14. The lowest BCUT2D eigenvalue weighted by atomic mass is 10.1. The van der Waals surface area contributed by atoms with E-state index in [0.717, 1.165) is 10.1 Å². The highest BCUT2D eigenvalue weighted by molar-refractivity contribution is 7.20. The monoisotopic (exact) mass is 343 g/mol. The van der Waals surface area contributed by atoms with Gasteiger partial charge in [-0.25, -0.2) is 9.18 Å². The first-order valence-corrected chi connectivity index (χ1v) is 8.11. The van der Waals surface area contributed by atoms with Crippen LogP contribution >= 0.6 is 11.3 Å². The molecule has 24 heavy (non-hydrogen) atoms. The number of amides is 1. The Morgan fingerprint density at radius 1 is 1.12 bits per heavy atom. The number of carboxylic acid groups (broad SMARTS) is 1. The molecule has 1 aromatic heterocycles. The smallest absolute Gasteiger partial charge is 0.326 e. The molecule has 1 heterocycles. The first kappa shape index (κ1) is 16.1. The number of benzene rings is 2. The predicted molar refractivity (Wildman–Crippen MR) is 90.8 cm³/mol. The SMILES string of the molecule is O=C(N[C@H](Cc1cccc(F)c1)C(=O)O)c1cc2ccccc2s1. The highest BCUT2D eigenvalue weighted by Gasteiger charge is 2.22. The van der Waals surface area contributed by atoms with Gasteiger partial charge in [-0.2, -0.15) is 0 Å². The number of rotatable bonds is 5. The molecular weight excluding hydrogens is 329 g/mol. The molecule has 0 fully saturated rings. The lowest BCUT2D eigenvalue weighted by Crippen LogP contribution is -2.42. The number of hydrogen-bond acceptors (Lipinski definition) is 3. The minimum absolute atomic E-state index is 0.0176. The Morgan fingerprint density at radius 2 is 1.92 bits per heavy atom. The van der Waals surface area contributed by atoms with Crippen LogP contribution in [0.25, 0.3) is 10.1 Å². The summed E-state index contributed by atoms with van der Waals surface area (Å²) in [6.45, 7) is 0. The van der Waals surface area contributed by atoms with Crippen molar-refractivity contribution in [2.24, 2.45) is 0 Å². The first-order chi connectivity index (χ1) is 11.5. The lowest BCUT2D eigenvalue weighted by molar-refractivity contribution is -0.139. The van der Waals surface area contributed by atoms with Gasteiger partial charge in [0, 0.05) is 11.1 Å². The van der Waals surface area contributed by atoms with E-state index in [4.69, 9.17) is 0 Å².